The molecule has 0 aliphatic heterocycles. The predicted octanol–water partition coefficient (Wildman–Crippen LogP) is 2.40. The molecule has 0 unspecified atom stereocenters. The quantitative estimate of drug-likeness (QED) is 0.777. The minimum absolute atomic E-state index is 0.0809. The van der Waals surface area contributed by atoms with E-state index in [2.05, 4.69) is 6.92 Å². The standard InChI is InChI=1S/C12H14O2/c1-2-12(7-9(13)8-12)10-5-3-4-6-11(10)14/h3-6,14H,2,7-8H2,1H3. The molecule has 0 saturated heterocycles. The van der Waals surface area contributed by atoms with Crippen LogP contribution in [0.1, 0.15) is 31.7 Å². The van der Waals surface area contributed by atoms with Gasteiger partial charge in [-0.25, -0.2) is 0 Å². The molecular formula is C12H14O2. The molecule has 0 aromatic heterocycles. The Balaban J connectivity index is 2.38. The summed E-state index contributed by atoms with van der Waals surface area (Å²) in [6.07, 6.45) is 2.08. The molecule has 1 aromatic carbocycles. The zero-order chi connectivity index (χ0) is 10.2. The van der Waals surface area contributed by atoms with Gasteiger partial charge in [-0.15, -0.1) is 0 Å². The van der Waals surface area contributed by atoms with Crippen LogP contribution in [-0.4, -0.2) is 10.9 Å². The Hall–Kier alpha value is -1.31. The fourth-order valence-electron chi connectivity index (χ4n) is 2.26. The number of rotatable bonds is 2. The Morgan fingerprint density at radius 1 is 1.36 bits per heavy atom. The molecule has 0 spiro atoms. The lowest BCUT2D eigenvalue weighted by Crippen LogP contribution is -2.41. The maximum Gasteiger partial charge on any atom is 0.134 e. The third-order valence-corrected chi connectivity index (χ3v) is 3.22. The molecule has 2 rings (SSSR count). The average Bonchev–Trinajstić information content (AvgIpc) is 2.14. The van der Waals surface area contributed by atoms with E-state index in [0.29, 0.717) is 24.4 Å². The van der Waals surface area contributed by atoms with E-state index in [0.717, 1.165) is 12.0 Å². The summed E-state index contributed by atoms with van der Waals surface area (Å²) in [5, 5.41) is 9.72. The molecule has 1 fully saturated rings. The van der Waals surface area contributed by atoms with Crippen molar-refractivity contribution in [3.05, 3.63) is 29.8 Å². The van der Waals surface area contributed by atoms with Crippen molar-refractivity contribution in [2.75, 3.05) is 0 Å². The number of phenols is 1. The van der Waals surface area contributed by atoms with Gasteiger partial charge in [0.2, 0.25) is 0 Å². The summed E-state index contributed by atoms with van der Waals surface area (Å²) in [7, 11) is 0. The highest BCUT2D eigenvalue weighted by Gasteiger charge is 2.44. The van der Waals surface area contributed by atoms with Gasteiger partial charge in [0.25, 0.3) is 0 Å². The van der Waals surface area contributed by atoms with Crippen molar-refractivity contribution in [3.63, 3.8) is 0 Å². The number of para-hydroxylation sites is 1. The van der Waals surface area contributed by atoms with Gasteiger partial charge in [-0.3, -0.25) is 4.79 Å². The molecule has 0 bridgehead atoms. The Kier molecular flexibility index (Phi) is 2.06. The van der Waals surface area contributed by atoms with Crippen LogP contribution in [0.3, 0.4) is 0 Å². The number of hydrogen-bond donors (Lipinski definition) is 1. The van der Waals surface area contributed by atoms with Gasteiger partial charge in [0.15, 0.2) is 0 Å². The van der Waals surface area contributed by atoms with E-state index >= 15 is 0 Å². The largest absolute Gasteiger partial charge is 0.508 e. The summed E-state index contributed by atoms with van der Waals surface area (Å²) in [5.74, 6) is 0.622. The Labute approximate surface area is 83.6 Å². The van der Waals surface area contributed by atoms with Crippen LogP contribution in [-0.2, 0) is 10.2 Å². The summed E-state index contributed by atoms with van der Waals surface area (Å²) >= 11 is 0. The molecule has 1 saturated carbocycles. The van der Waals surface area contributed by atoms with Gasteiger partial charge in [0, 0.05) is 23.8 Å². The highest BCUT2D eigenvalue weighted by Crippen LogP contribution is 2.46. The van der Waals surface area contributed by atoms with E-state index in [1.54, 1.807) is 6.07 Å². The van der Waals surface area contributed by atoms with E-state index in [9.17, 15) is 9.90 Å². The van der Waals surface area contributed by atoms with Crippen molar-refractivity contribution >= 4 is 5.78 Å². The van der Waals surface area contributed by atoms with E-state index in [1.165, 1.54) is 0 Å². The molecule has 74 valence electrons. The van der Waals surface area contributed by atoms with Crippen molar-refractivity contribution < 1.29 is 9.90 Å². The zero-order valence-corrected chi connectivity index (χ0v) is 8.29. The summed E-state index contributed by atoms with van der Waals surface area (Å²) in [6.45, 7) is 2.07. The van der Waals surface area contributed by atoms with Gasteiger partial charge in [-0.05, 0) is 12.5 Å². The second-order valence-electron chi connectivity index (χ2n) is 4.04. The second kappa shape index (κ2) is 3.12. The first-order valence-corrected chi connectivity index (χ1v) is 4.98. The first-order chi connectivity index (χ1) is 6.68. The Morgan fingerprint density at radius 3 is 2.50 bits per heavy atom. The average molecular weight is 190 g/mol. The van der Waals surface area contributed by atoms with Crippen LogP contribution in [0.4, 0.5) is 0 Å². The first kappa shape index (κ1) is 9.25. The maximum atomic E-state index is 11.1. The van der Waals surface area contributed by atoms with E-state index < -0.39 is 0 Å². The summed E-state index contributed by atoms with van der Waals surface area (Å²) in [5.41, 5.74) is 0.852. The lowest BCUT2D eigenvalue weighted by Gasteiger charge is -2.40. The molecule has 2 heteroatoms. The predicted molar refractivity (Wildman–Crippen MR) is 54.3 cm³/mol. The van der Waals surface area contributed by atoms with E-state index in [4.69, 9.17) is 0 Å². The topological polar surface area (TPSA) is 37.3 Å². The normalized spacial score (nSPS) is 19.1. The minimum Gasteiger partial charge on any atom is -0.508 e. The zero-order valence-electron chi connectivity index (χ0n) is 8.29. The lowest BCUT2D eigenvalue weighted by molar-refractivity contribution is -0.128. The fourth-order valence-corrected chi connectivity index (χ4v) is 2.26. The van der Waals surface area contributed by atoms with Crippen LogP contribution in [0, 0.1) is 0 Å². The molecule has 1 aliphatic carbocycles. The van der Waals surface area contributed by atoms with Gasteiger partial charge < -0.3 is 5.11 Å². The van der Waals surface area contributed by atoms with Gasteiger partial charge in [-0.1, -0.05) is 25.1 Å². The SMILES string of the molecule is CCC1(c2ccccc2O)CC(=O)C1. The smallest absolute Gasteiger partial charge is 0.134 e. The third-order valence-electron chi connectivity index (χ3n) is 3.22. The molecule has 0 amide bonds. The van der Waals surface area contributed by atoms with Crippen LogP contribution in [0.5, 0.6) is 5.75 Å². The third kappa shape index (κ3) is 1.22. The molecule has 1 aromatic rings. The van der Waals surface area contributed by atoms with Crippen molar-refractivity contribution in [3.8, 4) is 5.75 Å². The van der Waals surface area contributed by atoms with Crippen molar-refractivity contribution in [2.24, 2.45) is 0 Å². The number of Topliss-reactive ketones (excluding diaryl/α,β-unsaturated/α-hetero) is 1. The molecule has 14 heavy (non-hydrogen) atoms. The minimum atomic E-state index is -0.0809. The van der Waals surface area contributed by atoms with E-state index in [1.807, 2.05) is 18.2 Å². The molecule has 0 radical (unpaired) electrons. The van der Waals surface area contributed by atoms with Crippen LogP contribution >= 0.6 is 0 Å². The molecular weight excluding hydrogens is 176 g/mol. The molecule has 1 aliphatic rings. The van der Waals surface area contributed by atoms with Gasteiger partial charge in [0.1, 0.15) is 11.5 Å². The highest BCUT2D eigenvalue weighted by molar-refractivity contribution is 5.88. The Morgan fingerprint density at radius 2 is 2.00 bits per heavy atom. The number of benzene rings is 1. The molecule has 0 atom stereocenters. The van der Waals surface area contributed by atoms with Gasteiger partial charge >= 0.3 is 0 Å². The number of ketones is 1. The highest BCUT2D eigenvalue weighted by atomic mass is 16.3. The molecule has 1 N–H and O–H groups in total. The summed E-state index contributed by atoms with van der Waals surface area (Å²) in [4.78, 5) is 11.1. The summed E-state index contributed by atoms with van der Waals surface area (Å²) in [6, 6.07) is 7.33. The van der Waals surface area contributed by atoms with Crippen molar-refractivity contribution in [2.45, 2.75) is 31.6 Å². The fraction of sp³-hybridized carbons (Fsp3) is 0.417. The van der Waals surface area contributed by atoms with Crippen LogP contribution in [0.25, 0.3) is 0 Å². The summed E-state index contributed by atoms with van der Waals surface area (Å²) < 4.78 is 0. The number of carbonyl (C=O) groups is 1. The lowest BCUT2D eigenvalue weighted by atomic mass is 9.62. The molecule has 2 nitrogen and oxygen atoms in total. The Bertz CT molecular complexity index is 360. The maximum absolute atomic E-state index is 11.1. The monoisotopic (exact) mass is 190 g/mol. The number of aromatic hydroxyl groups is 1. The van der Waals surface area contributed by atoms with Crippen LogP contribution in [0.2, 0.25) is 0 Å². The van der Waals surface area contributed by atoms with Gasteiger partial charge in [-0.2, -0.15) is 0 Å². The number of carbonyl (C=O) groups excluding carboxylic acids is 1. The second-order valence-corrected chi connectivity index (χ2v) is 4.04. The van der Waals surface area contributed by atoms with Crippen LogP contribution < -0.4 is 0 Å². The van der Waals surface area contributed by atoms with Crippen LogP contribution in [0.15, 0.2) is 24.3 Å². The van der Waals surface area contributed by atoms with Gasteiger partial charge in [0.05, 0.1) is 0 Å². The first-order valence-electron chi connectivity index (χ1n) is 4.98. The number of hydrogen-bond acceptors (Lipinski definition) is 2. The number of phenolic OH excluding ortho intramolecular Hbond substituents is 1. The van der Waals surface area contributed by atoms with Crippen molar-refractivity contribution in [1.29, 1.82) is 0 Å². The van der Waals surface area contributed by atoms with Crippen molar-refractivity contribution in [1.82, 2.24) is 0 Å². The molecule has 0 heterocycles. The van der Waals surface area contributed by atoms with E-state index in [-0.39, 0.29) is 5.41 Å².